The van der Waals surface area contributed by atoms with Gasteiger partial charge in [-0.1, -0.05) is 13.3 Å². The lowest BCUT2D eigenvalue weighted by Gasteiger charge is -2.28. The van der Waals surface area contributed by atoms with Crippen molar-refractivity contribution in [3.05, 3.63) is 27.9 Å². The Kier molecular flexibility index (Phi) is 5.10. The van der Waals surface area contributed by atoms with Crippen LogP contribution in [-0.2, 0) is 6.54 Å². The van der Waals surface area contributed by atoms with Crippen LogP contribution < -0.4 is 5.32 Å². The van der Waals surface area contributed by atoms with E-state index in [1.54, 1.807) is 22.7 Å². The maximum Gasteiger partial charge on any atom is 0.124 e. The molecular weight excluding hydrogens is 276 g/mol. The molecule has 0 aliphatic carbocycles. The molecule has 0 bridgehead atoms. The van der Waals surface area contributed by atoms with E-state index in [-0.39, 0.29) is 12.1 Å². The van der Waals surface area contributed by atoms with E-state index in [0.29, 0.717) is 6.54 Å². The van der Waals surface area contributed by atoms with Crippen LogP contribution in [0.25, 0.3) is 10.6 Å². The fraction of sp³-hybridized carbons (Fsp3) is 0.500. The first-order valence-electron chi connectivity index (χ1n) is 6.50. The average molecular weight is 296 g/mol. The molecular formula is C14H20N2OS2. The molecule has 1 unspecified atom stereocenters. The van der Waals surface area contributed by atoms with Crippen LogP contribution in [0, 0.1) is 0 Å². The van der Waals surface area contributed by atoms with Gasteiger partial charge in [-0.05, 0) is 24.8 Å². The zero-order valence-electron chi connectivity index (χ0n) is 11.3. The molecule has 2 heterocycles. The van der Waals surface area contributed by atoms with Crippen LogP contribution in [0.2, 0.25) is 0 Å². The molecule has 1 atom stereocenters. The zero-order valence-corrected chi connectivity index (χ0v) is 13.0. The maximum atomic E-state index is 9.47. The van der Waals surface area contributed by atoms with Gasteiger partial charge in [-0.2, -0.15) is 11.3 Å². The van der Waals surface area contributed by atoms with Crippen LogP contribution in [0.5, 0.6) is 0 Å². The van der Waals surface area contributed by atoms with Gasteiger partial charge >= 0.3 is 0 Å². The molecule has 19 heavy (non-hydrogen) atoms. The number of aliphatic hydroxyl groups is 1. The molecule has 0 saturated heterocycles. The van der Waals surface area contributed by atoms with E-state index in [9.17, 15) is 5.11 Å². The number of rotatable bonds is 7. The average Bonchev–Trinajstić information content (AvgIpc) is 3.07. The number of thiazole rings is 1. The molecule has 2 aromatic heterocycles. The molecule has 0 radical (unpaired) electrons. The lowest BCUT2D eigenvalue weighted by Crippen LogP contribution is -2.45. The van der Waals surface area contributed by atoms with E-state index in [0.717, 1.165) is 23.5 Å². The fourth-order valence-electron chi connectivity index (χ4n) is 1.99. The predicted molar refractivity (Wildman–Crippen MR) is 82.7 cm³/mol. The van der Waals surface area contributed by atoms with Gasteiger partial charge in [0.2, 0.25) is 0 Å². The Labute approximate surface area is 122 Å². The number of nitrogens with zero attached hydrogens (tertiary/aromatic N) is 1. The maximum absolute atomic E-state index is 9.47. The van der Waals surface area contributed by atoms with E-state index in [1.807, 2.05) is 0 Å². The third-order valence-corrected chi connectivity index (χ3v) is 4.79. The second kappa shape index (κ2) is 6.61. The summed E-state index contributed by atoms with van der Waals surface area (Å²) in [6.07, 6.45) is 2.02. The van der Waals surface area contributed by atoms with Gasteiger partial charge in [-0.15, -0.1) is 11.3 Å². The lowest BCUT2D eigenvalue weighted by atomic mass is 9.97. The molecule has 2 N–H and O–H groups in total. The van der Waals surface area contributed by atoms with Gasteiger partial charge in [0, 0.05) is 28.4 Å². The van der Waals surface area contributed by atoms with E-state index in [2.05, 4.69) is 46.4 Å². The smallest absolute Gasteiger partial charge is 0.124 e. The summed E-state index contributed by atoms with van der Waals surface area (Å²) in [6.45, 7) is 5.05. The second-order valence-corrected chi connectivity index (χ2v) is 6.62. The highest BCUT2D eigenvalue weighted by atomic mass is 32.1. The SMILES string of the molecule is CCCC(C)(CO)NCc1csc(-c2ccsc2)n1. The number of thiophene rings is 1. The van der Waals surface area contributed by atoms with E-state index < -0.39 is 0 Å². The third kappa shape index (κ3) is 3.86. The minimum absolute atomic E-state index is 0.155. The third-order valence-electron chi connectivity index (χ3n) is 3.17. The Morgan fingerprint density at radius 3 is 2.89 bits per heavy atom. The Balaban J connectivity index is 1.97. The quantitative estimate of drug-likeness (QED) is 0.822. The Hall–Kier alpha value is -0.750. The standard InChI is InChI=1S/C14H20N2OS2/c1-3-5-14(2,10-17)15-7-12-9-19-13(16-12)11-4-6-18-8-11/h4,6,8-9,15,17H,3,5,7,10H2,1-2H3. The molecule has 0 fully saturated rings. The molecule has 2 aromatic rings. The summed E-state index contributed by atoms with van der Waals surface area (Å²) in [5.41, 5.74) is 2.03. The van der Waals surface area contributed by atoms with E-state index in [1.165, 1.54) is 5.56 Å². The number of hydrogen-bond donors (Lipinski definition) is 2. The van der Waals surface area contributed by atoms with E-state index >= 15 is 0 Å². The first-order chi connectivity index (χ1) is 9.17. The van der Waals surface area contributed by atoms with Crippen molar-refractivity contribution >= 4 is 22.7 Å². The minimum atomic E-state index is -0.207. The van der Waals surface area contributed by atoms with Crippen molar-refractivity contribution in [2.24, 2.45) is 0 Å². The van der Waals surface area contributed by atoms with Crippen LogP contribution in [0.15, 0.2) is 22.2 Å². The van der Waals surface area contributed by atoms with Gasteiger partial charge in [-0.25, -0.2) is 4.98 Å². The molecule has 0 saturated carbocycles. The molecule has 5 heteroatoms. The van der Waals surface area contributed by atoms with Crippen LogP contribution in [0.3, 0.4) is 0 Å². The molecule has 2 rings (SSSR count). The number of aliphatic hydroxyl groups excluding tert-OH is 1. The van der Waals surface area contributed by atoms with Gasteiger partial charge in [0.1, 0.15) is 5.01 Å². The molecule has 3 nitrogen and oxygen atoms in total. The van der Waals surface area contributed by atoms with Crippen molar-refractivity contribution < 1.29 is 5.11 Å². The summed E-state index contributed by atoms with van der Waals surface area (Å²) in [5.74, 6) is 0. The van der Waals surface area contributed by atoms with Gasteiger partial charge in [-0.3, -0.25) is 0 Å². The molecule has 0 spiro atoms. The van der Waals surface area contributed by atoms with Gasteiger partial charge in [0.05, 0.1) is 12.3 Å². The summed E-state index contributed by atoms with van der Waals surface area (Å²) in [5, 5.41) is 20.2. The van der Waals surface area contributed by atoms with Crippen molar-refractivity contribution in [2.45, 2.75) is 38.8 Å². The number of aromatic nitrogens is 1. The first kappa shape index (κ1) is 14.7. The Bertz CT molecular complexity index is 495. The van der Waals surface area contributed by atoms with Crippen molar-refractivity contribution in [2.75, 3.05) is 6.61 Å². The van der Waals surface area contributed by atoms with Crippen LogP contribution in [-0.4, -0.2) is 22.2 Å². The van der Waals surface area contributed by atoms with Gasteiger partial charge in [0.15, 0.2) is 0 Å². The summed E-state index contributed by atoms with van der Waals surface area (Å²) in [6, 6.07) is 2.09. The van der Waals surface area contributed by atoms with Gasteiger partial charge < -0.3 is 10.4 Å². The van der Waals surface area contributed by atoms with Crippen molar-refractivity contribution in [1.29, 1.82) is 0 Å². The molecule has 0 aliphatic heterocycles. The summed E-state index contributed by atoms with van der Waals surface area (Å²) < 4.78 is 0. The lowest BCUT2D eigenvalue weighted by molar-refractivity contribution is 0.163. The van der Waals surface area contributed by atoms with E-state index in [4.69, 9.17) is 0 Å². The Morgan fingerprint density at radius 2 is 2.26 bits per heavy atom. The van der Waals surface area contributed by atoms with Crippen molar-refractivity contribution in [1.82, 2.24) is 10.3 Å². The molecule has 0 aromatic carbocycles. The molecule has 0 amide bonds. The summed E-state index contributed by atoms with van der Waals surface area (Å²) in [4.78, 5) is 4.63. The fourth-order valence-corrected chi connectivity index (χ4v) is 3.52. The summed E-state index contributed by atoms with van der Waals surface area (Å²) in [7, 11) is 0. The number of hydrogen-bond acceptors (Lipinski definition) is 5. The predicted octanol–water partition coefficient (Wildman–Crippen LogP) is 3.51. The monoisotopic (exact) mass is 296 g/mol. The number of nitrogens with one attached hydrogen (secondary N) is 1. The van der Waals surface area contributed by atoms with Crippen molar-refractivity contribution in [3.63, 3.8) is 0 Å². The largest absolute Gasteiger partial charge is 0.394 e. The van der Waals surface area contributed by atoms with Crippen molar-refractivity contribution in [3.8, 4) is 10.6 Å². The van der Waals surface area contributed by atoms with Crippen LogP contribution in [0.1, 0.15) is 32.4 Å². The summed E-state index contributed by atoms with van der Waals surface area (Å²) >= 11 is 3.36. The Morgan fingerprint density at radius 1 is 1.42 bits per heavy atom. The topological polar surface area (TPSA) is 45.1 Å². The minimum Gasteiger partial charge on any atom is -0.394 e. The van der Waals surface area contributed by atoms with Crippen LogP contribution >= 0.6 is 22.7 Å². The van der Waals surface area contributed by atoms with Crippen LogP contribution in [0.4, 0.5) is 0 Å². The normalized spacial score (nSPS) is 14.5. The highest BCUT2D eigenvalue weighted by Gasteiger charge is 2.21. The highest BCUT2D eigenvalue weighted by molar-refractivity contribution is 7.14. The first-order valence-corrected chi connectivity index (χ1v) is 8.32. The molecule has 104 valence electrons. The molecule has 0 aliphatic rings. The second-order valence-electron chi connectivity index (χ2n) is 4.98. The highest BCUT2D eigenvalue weighted by Crippen LogP contribution is 2.25. The van der Waals surface area contributed by atoms with Gasteiger partial charge in [0.25, 0.3) is 0 Å². The zero-order chi connectivity index (χ0) is 13.7.